The third-order valence-electron chi connectivity index (χ3n) is 20.1. The number of nitrogens with zero attached hydrogens (tertiary/aromatic N) is 6. The molecule has 0 amide bonds. The third kappa shape index (κ3) is 53.5. The standard InChI is InChI=1S/C23H32NOP.C20H26NOP.C17H20NOP.2C16H18NOP.C15H16NOP.12ClH.6Ti/c1-15-10-9-11-16(14-24-8)21(15)26-19-13-17(22(2,3)4)12-18(20(19)25)23(5,6)7;1-13-7-8-17(15(9-13)12-21-6)23-18-11-14(2)10-16(19(18)22)20(3,4)5;1-11-5-6-15(14(8-11)10-18-4)20-16-9-12(2)7-13(3)17(16)19;1-11-5-7-15(13(8-11)10-17-3)19-16-9-12(2)4-6-14(16)18;1-11-7-8-14(13(9-11)10-17-3)19-15-6-4-5-12(2)16(15)18;1-11-7-8-14(12(9-11)10-16-2)18-15-6-4-3-5-13(15)17;;;;;;;;;;;;;;;;;;/h9-14,25-26H,1-8H3;7-12,22-23H,1-6H3;5-10,19-20H,1-4H3;2*4-10,18-19H,1-3H3;3-10,17-18H,1-2H3;12*1H;;;;;;/q;;;;;;;;;;;;;;;;;;6*+2/p-12. The Morgan fingerprint density at radius 3 is 0.860 bits per heavy atom. The number of rotatable bonds is 18. The Labute approximate surface area is 963 Å². The second-order valence-electron chi connectivity index (χ2n) is 34.9. The van der Waals surface area contributed by atoms with E-state index in [1.54, 1.807) is 54.4 Å². The van der Waals surface area contributed by atoms with Crippen LogP contribution in [0.5, 0.6) is 34.5 Å². The van der Waals surface area contributed by atoms with E-state index in [-0.39, 0.29) is 16.2 Å². The van der Waals surface area contributed by atoms with Gasteiger partial charge in [-0.2, -0.15) is 0 Å². The van der Waals surface area contributed by atoms with Gasteiger partial charge in [0.1, 0.15) is 34.5 Å². The topological polar surface area (TPSA) is 196 Å². The van der Waals surface area contributed by atoms with Crippen LogP contribution in [0.3, 0.4) is 0 Å². The first-order valence-electron chi connectivity index (χ1n) is 44.0. The minimum absolute atomic E-state index is 0.0341. The molecule has 12 rings (SSSR count). The maximum atomic E-state index is 11.1. The second-order valence-corrected chi connectivity index (χ2v) is 58.3. The second kappa shape index (κ2) is 76.4. The van der Waals surface area contributed by atoms with Crippen molar-refractivity contribution in [2.24, 2.45) is 30.0 Å². The summed E-state index contributed by atoms with van der Waals surface area (Å²) in [6.45, 7) is 42.1. The van der Waals surface area contributed by atoms with Crippen LogP contribution in [-0.4, -0.2) is 110 Å². The average Bonchev–Trinajstić information content (AvgIpc) is 0.765. The van der Waals surface area contributed by atoms with E-state index in [1.807, 2.05) is 113 Å². The van der Waals surface area contributed by atoms with E-state index >= 15 is 0 Å². The Morgan fingerprint density at radius 2 is 0.497 bits per heavy atom. The third-order valence-corrected chi connectivity index (χ3v) is 28.7. The molecule has 0 bridgehead atoms. The Balaban J connectivity index is 0.000000831. The number of aryl methyl sites for hydroxylation is 11. The van der Waals surface area contributed by atoms with E-state index < -0.39 is 102 Å². The van der Waals surface area contributed by atoms with Crippen LogP contribution in [0.1, 0.15) is 174 Å². The van der Waals surface area contributed by atoms with Gasteiger partial charge < -0.3 is 30.6 Å². The molecule has 0 fully saturated rings. The zero-order valence-electron chi connectivity index (χ0n) is 85.5. The summed E-state index contributed by atoms with van der Waals surface area (Å²) in [5.41, 5.74) is 22.6. The number of hydrogen-bond donors (Lipinski definition) is 6. The predicted molar refractivity (Wildman–Crippen MR) is 632 cm³/mol. The molecule has 12 aromatic rings. The van der Waals surface area contributed by atoms with Crippen molar-refractivity contribution in [3.05, 3.63) is 318 Å². The summed E-state index contributed by atoms with van der Waals surface area (Å²) < 4.78 is 0. The Morgan fingerprint density at radius 1 is 0.224 bits per heavy atom. The molecule has 0 aliphatic heterocycles. The van der Waals surface area contributed by atoms with E-state index in [9.17, 15) is 30.6 Å². The summed E-state index contributed by atoms with van der Waals surface area (Å²) in [6.07, 6.45) is 11.3. The van der Waals surface area contributed by atoms with Gasteiger partial charge >= 0.3 is 214 Å². The molecule has 36 heteroatoms. The summed E-state index contributed by atoms with van der Waals surface area (Å²) in [5, 5.41) is 75.2. The van der Waals surface area contributed by atoms with Gasteiger partial charge in [0.15, 0.2) is 0 Å². The van der Waals surface area contributed by atoms with Gasteiger partial charge in [0.25, 0.3) is 0 Å². The summed E-state index contributed by atoms with van der Waals surface area (Å²) in [7, 11) is 71.9. The molecule has 762 valence electrons. The van der Waals surface area contributed by atoms with Gasteiger partial charge in [0.2, 0.25) is 0 Å². The SMILES string of the molecule is CN=Cc1cc(C)ccc1Pc1cc(C)cc(C(C)(C)C)c1O.CN=Cc1cc(C)ccc1Pc1cc(C)cc(C)c1O.CN=Cc1cc(C)ccc1Pc1cc(C)ccc1O.CN=Cc1cc(C)ccc1Pc1cccc(C)c1O.CN=Cc1cc(C)ccc1Pc1ccccc1O.CN=Cc1cccc(C)c1Pc1cc(C(C)(C)C)cc(C(C)(C)C)c1O.[Cl][Ti][Cl].[Cl][Ti][Cl].[Cl][Ti][Cl].[Cl][Ti][Cl].[Cl][Ti][Cl].[Cl][Ti][Cl]. The molecule has 12 aromatic carbocycles. The number of benzene rings is 12. The Bertz CT molecular complexity index is 6020. The first-order chi connectivity index (χ1) is 67.6. The molecule has 0 aliphatic carbocycles. The fourth-order valence-electron chi connectivity index (χ4n) is 13.5. The van der Waals surface area contributed by atoms with Crippen molar-refractivity contribution < 1.29 is 133 Å². The van der Waals surface area contributed by atoms with Crippen molar-refractivity contribution in [2.75, 3.05) is 42.3 Å². The van der Waals surface area contributed by atoms with Gasteiger partial charge in [-0.25, -0.2) is 0 Å². The van der Waals surface area contributed by atoms with Gasteiger partial charge in [0.05, 0.1) is 0 Å². The molecule has 6 unspecified atom stereocenters. The van der Waals surface area contributed by atoms with Crippen molar-refractivity contribution in [1.29, 1.82) is 0 Å². The average molecular weight is 2490 g/mol. The van der Waals surface area contributed by atoms with Crippen LogP contribution in [0.4, 0.5) is 0 Å². The number of aliphatic imine (C=N–C) groups is 6. The van der Waals surface area contributed by atoms with Crippen LogP contribution in [0.15, 0.2) is 236 Å². The van der Waals surface area contributed by atoms with Gasteiger partial charge in [-0.3, -0.25) is 30.0 Å². The summed E-state index contributed by atoms with van der Waals surface area (Å²) >= 11 is -3.33. The van der Waals surface area contributed by atoms with Crippen LogP contribution < -0.4 is 63.7 Å². The molecule has 6 atom stereocenters. The number of phenolic OH excluding ortho intramolecular Hbond substituents is 6. The van der Waals surface area contributed by atoms with E-state index in [1.165, 1.54) is 81.9 Å². The van der Waals surface area contributed by atoms with Crippen LogP contribution in [0, 0.1) is 76.2 Å². The molecule has 0 radical (unpaired) electrons. The summed E-state index contributed by atoms with van der Waals surface area (Å²) in [4.78, 5) is 24.8. The minimum atomic E-state index is -0.556. The fraction of sp³-hybridized carbons (Fsp3) is 0.271. The number of aromatic hydroxyl groups is 6. The van der Waals surface area contributed by atoms with Gasteiger partial charge in [-0.05, 0) is 224 Å². The first kappa shape index (κ1) is 139. The van der Waals surface area contributed by atoms with Crippen molar-refractivity contribution in [3.63, 3.8) is 0 Å². The molecule has 143 heavy (non-hydrogen) atoms. The van der Waals surface area contributed by atoms with Crippen LogP contribution in [-0.2, 0) is 118 Å². The van der Waals surface area contributed by atoms with Crippen molar-refractivity contribution in [3.8, 4) is 34.5 Å². The maximum absolute atomic E-state index is 11.1. The van der Waals surface area contributed by atoms with Gasteiger partial charge in [0, 0.05) is 156 Å². The quantitative estimate of drug-likeness (QED) is 0.0281. The molecule has 6 N–H and O–H groups in total. The molecule has 0 saturated heterocycles. The zero-order chi connectivity index (χ0) is 108. The summed E-state index contributed by atoms with van der Waals surface area (Å²) in [6, 6.07) is 69.8. The molecule has 0 aliphatic rings. The molecule has 0 aromatic heterocycles. The molecule has 12 nitrogen and oxygen atoms in total. The zero-order valence-corrected chi connectivity index (χ0v) is 110. The number of halogens is 12. The van der Waals surface area contributed by atoms with E-state index in [0.717, 1.165) is 93.0 Å². The molecular weight excluding hydrogens is 2360 g/mol. The van der Waals surface area contributed by atoms with Crippen LogP contribution in [0.2, 0.25) is 0 Å². The van der Waals surface area contributed by atoms with Crippen LogP contribution >= 0.6 is 163 Å². The van der Waals surface area contributed by atoms with Gasteiger partial charge in [-0.15, -0.1) is 0 Å². The monoisotopic (exact) mass is 2490 g/mol. The van der Waals surface area contributed by atoms with E-state index in [2.05, 4.69) is 287 Å². The van der Waals surface area contributed by atoms with Gasteiger partial charge in [-0.1, -0.05) is 287 Å². The fourth-order valence-corrected chi connectivity index (χ4v) is 21.1. The van der Waals surface area contributed by atoms with Crippen molar-refractivity contribution >= 4 is 264 Å². The molecular formula is C107H130Cl12N6O6P6Ti6. The predicted octanol–water partition coefficient (Wildman–Crippen LogP) is 28.0. The normalized spacial score (nSPS) is 11.3. The molecule has 0 heterocycles. The van der Waals surface area contributed by atoms with Crippen molar-refractivity contribution in [2.45, 2.75) is 155 Å². The molecule has 0 spiro atoms. The Hall–Kier alpha value is -2.19. The molecule has 0 saturated carbocycles. The van der Waals surface area contributed by atoms with E-state index in [0.29, 0.717) is 86.0 Å². The van der Waals surface area contributed by atoms with Crippen LogP contribution in [0.25, 0.3) is 0 Å². The first-order valence-corrected chi connectivity index (χ1v) is 75.8. The Kier molecular flexibility index (Phi) is 74.1. The summed E-state index contributed by atoms with van der Waals surface area (Å²) in [5.74, 6) is 2.40. The van der Waals surface area contributed by atoms with E-state index in [4.69, 9.17) is 112 Å². The van der Waals surface area contributed by atoms with Crippen molar-refractivity contribution in [1.82, 2.24) is 0 Å². The number of hydrogen-bond acceptors (Lipinski definition) is 12. The number of phenols is 6. The number of para-hydroxylation sites is 2.